The van der Waals surface area contributed by atoms with E-state index in [0.29, 0.717) is 17.7 Å². The first kappa shape index (κ1) is 38.6. The second-order valence-electron chi connectivity index (χ2n) is 10.9. The summed E-state index contributed by atoms with van der Waals surface area (Å²) in [6.45, 7) is 5.75. The van der Waals surface area contributed by atoms with Gasteiger partial charge in [0.1, 0.15) is 31.7 Å². The Morgan fingerprint density at radius 1 is 1.22 bits per heavy atom. The molecule has 0 saturated carbocycles. The van der Waals surface area contributed by atoms with Crippen LogP contribution in [-0.4, -0.2) is 85.6 Å². The number of rotatable bonds is 11. The number of ether oxygens (including phenoxy) is 2. The van der Waals surface area contributed by atoms with Gasteiger partial charge < -0.3 is 29.1 Å². The summed E-state index contributed by atoms with van der Waals surface area (Å²) in [6.07, 6.45) is 1.96. The minimum absolute atomic E-state index is 0.0305. The maximum absolute atomic E-state index is 12.7. The van der Waals surface area contributed by atoms with Crippen molar-refractivity contribution in [1.29, 1.82) is 0 Å². The molecule has 22 heteroatoms. The van der Waals surface area contributed by atoms with Crippen LogP contribution in [0.2, 0.25) is 0 Å². The van der Waals surface area contributed by atoms with E-state index in [1.54, 1.807) is 18.7 Å². The lowest BCUT2D eigenvalue weighted by molar-refractivity contribution is -0.508. The Bertz CT molecular complexity index is 1940. The van der Waals surface area contributed by atoms with Gasteiger partial charge in [-0.3, -0.25) is 14.9 Å². The van der Waals surface area contributed by atoms with Crippen molar-refractivity contribution in [2.75, 3.05) is 12.4 Å². The SMILES string of the molecule is CCSc1c2sc(C3=C(C(=O)O)N4C(=O)[C@H]([C@@H](C)O)[C@H]4[C@H]3C)c[n+]2cn1CCOC(=O)OCc1ccc([N+](=O)[O-])cc1.O=S(=O)([O-])C(F)(F)F. The lowest BCUT2D eigenvalue weighted by Gasteiger charge is -2.46. The number of aromatic nitrogens is 2. The third-order valence-corrected chi connectivity index (χ3v) is 10.5. The van der Waals surface area contributed by atoms with Gasteiger partial charge in [0.15, 0.2) is 10.1 Å². The minimum atomic E-state index is -6.09. The first-order valence-electron chi connectivity index (χ1n) is 14.5. The van der Waals surface area contributed by atoms with Crippen molar-refractivity contribution in [3.05, 3.63) is 63.0 Å². The van der Waals surface area contributed by atoms with Crippen LogP contribution < -0.4 is 4.40 Å². The Kier molecular flexibility index (Phi) is 11.5. The monoisotopic (exact) mass is 766 g/mol. The molecule has 272 valence electrons. The van der Waals surface area contributed by atoms with Crippen molar-refractivity contribution in [2.24, 2.45) is 11.8 Å². The van der Waals surface area contributed by atoms with Gasteiger partial charge in [0, 0.05) is 23.6 Å². The van der Waals surface area contributed by atoms with Crippen molar-refractivity contribution < 1.29 is 69.5 Å². The number of imidazole rings is 1. The molecule has 1 aromatic carbocycles. The number of β-lactam (4-membered cyclic amide) rings is 1. The third-order valence-electron chi connectivity index (χ3n) is 7.67. The molecule has 2 aliphatic rings. The fourth-order valence-corrected chi connectivity index (χ4v) is 7.80. The fraction of sp³-hybridized carbons (Fsp3) is 0.429. The van der Waals surface area contributed by atoms with Gasteiger partial charge in [-0.15, -0.1) is 0 Å². The average Bonchev–Trinajstić information content (AvgIpc) is 3.63. The number of carbonyl (C=O) groups excluding carboxylic acids is 2. The number of carboxylic acid groups (broad SMARTS) is 1. The zero-order valence-corrected chi connectivity index (χ0v) is 28.7. The quantitative estimate of drug-likeness (QED) is 0.0418. The second-order valence-corrected chi connectivity index (χ2v) is 14.5. The predicted octanol–water partition coefficient (Wildman–Crippen LogP) is 3.37. The van der Waals surface area contributed by atoms with Crippen molar-refractivity contribution in [3.63, 3.8) is 0 Å². The van der Waals surface area contributed by atoms with Crippen LogP contribution in [0.25, 0.3) is 10.4 Å². The Labute approximate surface area is 289 Å². The van der Waals surface area contributed by atoms with Gasteiger partial charge in [-0.2, -0.15) is 17.6 Å². The highest BCUT2D eigenvalue weighted by atomic mass is 32.2. The number of nitrogens with zero attached hydrogens (tertiary/aromatic N) is 4. The van der Waals surface area contributed by atoms with Crippen molar-refractivity contribution >= 4 is 67.3 Å². The number of halogens is 3. The fourth-order valence-electron chi connectivity index (χ4n) is 5.52. The highest BCUT2D eigenvalue weighted by Gasteiger charge is 2.60. The van der Waals surface area contributed by atoms with E-state index >= 15 is 0 Å². The van der Waals surface area contributed by atoms with Gasteiger partial charge in [-0.1, -0.05) is 36.9 Å². The maximum Gasteiger partial charge on any atom is 0.508 e. The number of aliphatic hydroxyl groups excluding tert-OH is 1. The van der Waals surface area contributed by atoms with Gasteiger partial charge in [-0.05, 0) is 30.4 Å². The summed E-state index contributed by atoms with van der Waals surface area (Å²) < 4.78 is 73.1. The molecule has 3 aromatic rings. The van der Waals surface area contributed by atoms with E-state index in [4.69, 9.17) is 22.4 Å². The summed E-state index contributed by atoms with van der Waals surface area (Å²) in [4.78, 5) is 50.3. The van der Waals surface area contributed by atoms with Gasteiger partial charge >= 0.3 is 17.6 Å². The number of fused-ring (bicyclic) bond motifs is 2. The molecule has 2 aromatic heterocycles. The van der Waals surface area contributed by atoms with E-state index in [9.17, 15) is 47.9 Å². The number of aliphatic carboxylic acids is 1. The first-order valence-corrected chi connectivity index (χ1v) is 17.7. The zero-order chi connectivity index (χ0) is 37.3. The van der Waals surface area contributed by atoms with Crippen LogP contribution in [0, 0.1) is 22.0 Å². The van der Waals surface area contributed by atoms with Crippen LogP contribution >= 0.6 is 23.1 Å². The Morgan fingerprint density at radius 2 is 1.84 bits per heavy atom. The molecule has 1 amide bonds. The lowest BCUT2D eigenvalue weighted by atomic mass is 9.77. The van der Waals surface area contributed by atoms with Crippen LogP contribution in [-0.2, 0) is 42.3 Å². The number of carbonyl (C=O) groups is 3. The van der Waals surface area contributed by atoms with Crippen LogP contribution in [0.15, 0.2) is 47.5 Å². The Morgan fingerprint density at radius 3 is 2.36 bits per heavy atom. The van der Waals surface area contributed by atoms with Gasteiger partial charge in [0.2, 0.25) is 15.8 Å². The van der Waals surface area contributed by atoms with E-state index in [2.05, 4.69) is 0 Å². The van der Waals surface area contributed by atoms with Crippen molar-refractivity contribution in [1.82, 2.24) is 9.47 Å². The maximum atomic E-state index is 12.7. The topological polar surface area (TPSA) is 223 Å². The van der Waals surface area contributed by atoms with E-state index in [0.717, 1.165) is 20.5 Å². The number of nitro benzene ring substituents is 1. The number of thioether (sulfide) groups is 1. The summed E-state index contributed by atoms with van der Waals surface area (Å²) in [5.41, 5.74) is -4.56. The summed E-state index contributed by atoms with van der Waals surface area (Å²) in [5.74, 6) is -1.68. The number of hydrogen-bond acceptors (Lipinski definition) is 13. The Hall–Kier alpha value is -4.25. The van der Waals surface area contributed by atoms with E-state index in [-0.39, 0.29) is 36.4 Å². The smallest absolute Gasteiger partial charge is 0.508 e. The van der Waals surface area contributed by atoms with E-state index in [1.165, 1.54) is 40.5 Å². The summed E-state index contributed by atoms with van der Waals surface area (Å²) in [5, 5.41) is 31.8. The van der Waals surface area contributed by atoms with E-state index in [1.807, 2.05) is 35.3 Å². The van der Waals surface area contributed by atoms with Gasteiger partial charge in [0.25, 0.3) is 12.0 Å². The highest BCUT2D eigenvalue weighted by Crippen LogP contribution is 2.51. The lowest BCUT2D eigenvalue weighted by Crippen LogP contribution is -2.63. The number of hydrogen-bond donors (Lipinski definition) is 2. The zero-order valence-electron chi connectivity index (χ0n) is 26.2. The number of aliphatic hydroxyl groups is 1. The number of amides is 1. The molecule has 0 unspecified atom stereocenters. The van der Waals surface area contributed by atoms with Crippen LogP contribution in [0.1, 0.15) is 31.2 Å². The molecule has 0 radical (unpaired) electrons. The molecule has 1 saturated heterocycles. The second kappa shape index (κ2) is 14.9. The van der Waals surface area contributed by atoms with Gasteiger partial charge in [0.05, 0.1) is 27.9 Å². The van der Waals surface area contributed by atoms with Gasteiger partial charge in [-0.25, -0.2) is 22.6 Å². The van der Waals surface area contributed by atoms with Crippen LogP contribution in [0.3, 0.4) is 0 Å². The molecule has 2 aliphatic heterocycles. The van der Waals surface area contributed by atoms with Crippen LogP contribution in [0.5, 0.6) is 0 Å². The number of nitro groups is 1. The molecule has 5 rings (SSSR count). The molecule has 1 fully saturated rings. The first-order chi connectivity index (χ1) is 23.3. The molecule has 0 aliphatic carbocycles. The number of benzene rings is 1. The normalized spacial score (nSPS) is 19.4. The largest absolute Gasteiger partial charge is 0.741 e. The minimum Gasteiger partial charge on any atom is -0.741 e. The molecule has 0 bridgehead atoms. The molecular formula is C28H29F3N4O12S3. The molecule has 2 N–H and O–H groups in total. The van der Waals surface area contributed by atoms with Crippen molar-refractivity contribution in [3.8, 4) is 0 Å². The Balaban J connectivity index is 0.000000627. The summed E-state index contributed by atoms with van der Waals surface area (Å²) >= 11 is 3.02. The molecule has 50 heavy (non-hydrogen) atoms. The number of carboxylic acids is 1. The molecule has 4 atom stereocenters. The molecular weight excluding hydrogens is 738 g/mol. The van der Waals surface area contributed by atoms with Crippen molar-refractivity contribution in [2.45, 2.75) is 56.6 Å². The molecule has 0 spiro atoms. The average molecular weight is 767 g/mol. The summed E-state index contributed by atoms with van der Waals surface area (Å²) in [6, 6.07) is 5.28. The summed E-state index contributed by atoms with van der Waals surface area (Å²) in [7, 11) is -6.09. The molecule has 4 heterocycles. The predicted molar refractivity (Wildman–Crippen MR) is 166 cm³/mol. The third kappa shape index (κ3) is 7.88. The number of non-ortho nitro benzene ring substituents is 1. The number of alkyl halides is 3. The molecule has 16 nitrogen and oxygen atoms in total. The van der Waals surface area contributed by atoms with Crippen LogP contribution in [0.4, 0.5) is 23.7 Å². The standard InChI is InChI=1S/C27H28N4O9S2.CHF3O3S/c1-4-41-24-25-29(13-28(24)9-10-39-27(36)40-12-16-5-7-17(8-6-16)31(37)38)11-18(42-25)19-14(2)21-20(15(3)32)23(33)30(21)22(19)26(34)35;2-1(3,4)8(5,6)7/h5-8,11,13-15,20-21,32H,4,9-10,12H2,1-3H3;(H,5,6,7)/t14-,15+,20+,21+;/m0./s1. The number of thiazole rings is 1. The van der Waals surface area contributed by atoms with E-state index < -0.39 is 50.7 Å². The highest BCUT2D eigenvalue weighted by molar-refractivity contribution is 7.99.